The predicted octanol–water partition coefficient (Wildman–Crippen LogP) is 1.38. The number of rotatable bonds is 3. The Labute approximate surface area is 125 Å². The van der Waals surface area contributed by atoms with Crippen LogP contribution in [-0.4, -0.2) is 56.9 Å². The van der Waals surface area contributed by atoms with Crippen molar-refractivity contribution in [2.45, 2.75) is 18.9 Å². The van der Waals surface area contributed by atoms with E-state index in [2.05, 4.69) is 23.9 Å². The lowest BCUT2D eigenvalue weighted by atomic mass is 10.1. The lowest BCUT2D eigenvalue weighted by Crippen LogP contribution is -2.36. The number of nitrogens with zero attached hydrogens (tertiary/aromatic N) is 3. The molecule has 1 fully saturated rings. The van der Waals surface area contributed by atoms with Gasteiger partial charge in [0.2, 0.25) is 0 Å². The zero-order valence-corrected chi connectivity index (χ0v) is 12.8. The first kappa shape index (κ1) is 14.1. The molecule has 0 bridgehead atoms. The minimum Gasteiger partial charge on any atom is -0.373 e. The quantitative estimate of drug-likeness (QED) is 0.788. The van der Waals surface area contributed by atoms with Crippen molar-refractivity contribution < 1.29 is 9.59 Å². The van der Waals surface area contributed by atoms with Gasteiger partial charge < -0.3 is 14.7 Å². The smallest absolute Gasteiger partial charge is 0.299 e. The van der Waals surface area contributed by atoms with E-state index in [4.69, 9.17) is 0 Å². The molecule has 0 aromatic heterocycles. The number of hydrogen-bond donors (Lipinski definition) is 0. The maximum Gasteiger partial charge on any atom is 0.299 e. The topological polar surface area (TPSA) is 43.9 Å². The van der Waals surface area contributed by atoms with Crippen molar-refractivity contribution in [3.05, 3.63) is 23.8 Å². The van der Waals surface area contributed by atoms with Crippen LogP contribution in [-0.2, 0) is 4.79 Å². The number of Topliss-reactive ketones (excluding diaryl/α,β-unsaturated/α-hetero) is 1. The summed E-state index contributed by atoms with van der Waals surface area (Å²) >= 11 is 0. The first-order valence-electron chi connectivity index (χ1n) is 7.37. The number of ketones is 1. The van der Waals surface area contributed by atoms with Crippen LogP contribution >= 0.6 is 0 Å². The van der Waals surface area contributed by atoms with E-state index in [1.807, 2.05) is 12.1 Å². The molecular formula is C16H21N3O2. The van der Waals surface area contributed by atoms with Crippen molar-refractivity contribution in [3.63, 3.8) is 0 Å². The highest BCUT2D eigenvalue weighted by atomic mass is 16.2. The van der Waals surface area contributed by atoms with Crippen LogP contribution in [0.5, 0.6) is 0 Å². The van der Waals surface area contributed by atoms with E-state index >= 15 is 0 Å². The Hall–Kier alpha value is -1.88. The average Bonchev–Trinajstić information content (AvgIpc) is 2.97. The molecule has 0 aliphatic carbocycles. The van der Waals surface area contributed by atoms with Crippen molar-refractivity contribution >= 4 is 23.1 Å². The van der Waals surface area contributed by atoms with Crippen LogP contribution < -0.4 is 9.80 Å². The Bertz CT molecular complexity index is 599. The van der Waals surface area contributed by atoms with Crippen molar-refractivity contribution in [1.29, 1.82) is 0 Å². The second-order valence-electron chi connectivity index (χ2n) is 6.05. The Balaban J connectivity index is 1.81. The van der Waals surface area contributed by atoms with Gasteiger partial charge in [-0.2, -0.15) is 0 Å². The number of carbonyl (C=O) groups excluding carboxylic acids is 2. The number of hydrogen-bond acceptors (Lipinski definition) is 4. The highest BCUT2D eigenvalue weighted by Crippen LogP contribution is 2.32. The van der Waals surface area contributed by atoms with Crippen molar-refractivity contribution in [2.75, 3.05) is 44.0 Å². The van der Waals surface area contributed by atoms with E-state index in [9.17, 15) is 9.59 Å². The van der Waals surface area contributed by atoms with Crippen LogP contribution in [0, 0.1) is 0 Å². The van der Waals surface area contributed by atoms with Crippen LogP contribution in [0.1, 0.15) is 23.2 Å². The highest BCUT2D eigenvalue weighted by molar-refractivity contribution is 6.52. The molecular weight excluding hydrogens is 266 g/mol. The third-order valence-electron chi connectivity index (χ3n) is 4.68. The lowest BCUT2D eigenvalue weighted by Gasteiger charge is -2.27. The molecule has 21 heavy (non-hydrogen) atoms. The van der Waals surface area contributed by atoms with Gasteiger partial charge in [0.25, 0.3) is 11.7 Å². The monoisotopic (exact) mass is 287 g/mol. The molecule has 1 saturated heterocycles. The van der Waals surface area contributed by atoms with Gasteiger partial charge in [0, 0.05) is 32.4 Å². The summed E-state index contributed by atoms with van der Waals surface area (Å²) in [5.74, 6) is -0.849. The summed E-state index contributed by atoms with van der Waals surface area (Å²) in [5, 5.41) is 0. The molecule has 3 rings (SSSR count). The van der Waals surface area contributed by atoms with Gasteiger partial charge in [-0.25, -0.2) is 0 Å². The lowest BCUT2D eigenvalue weighted by molar-refractivity contribution is -0.114. The molecule has 0 N–H and O–H groups in total. The van der Waals surface area contributed by atoms with Gasteiger partial charge in [-0.1, -0.05) is 0 Å². The predicted molar refractivity (Wildman–Crippen MR) is 83.1 cm³/mol. The first-order valence-corrected chi connectivity index (χ1v) is 7.37. The SMILES string of the molecule is CN(CC1CCCN1C)c1ccc2c(c1)N(C)C(=O)C2=O. The molecule has 0 saturated carbocycles. The molecule has 5 nitrogen and oxygen atoms in total. The van der Waals surface area contributed by atoms with Gasteiger partial charge in [0.05, 0.1) is 11.3 Å². The molecule has 1 aromatic carbocycles. The van der Waals surface area contributed by atoms with Gasteiger partial charge in [-0.05, 0) is 44.6 Å². The standard InChI is InChI=1S/C16H21N3O2/c1-17-8-4-5-12(17)10-18(2)11-6-7-13-14(9-11)19(3)16(21)15(13)20/h6-7,9,12H,4-5,8,10H2,1-3H3. The van der Waals surface area contributed by atoms with E-state index in [1.165, 1.54) is 17.7 Å². The van der Waals surface area contributed by atoms with Crippen molar-refractivity contribution in [3.8, 4) is 0 Å². The minimum atomic E-state index is -0.444. The zero-order valence-electron chi connectivity index (χ0n) is 12.8. The largest absolute Gasteiger partial charge is 0.373 e. The van der Waals surface area contributed by atoms with E-state index < -0.39 is 11.7 Å². The maximum atomic E-state index is 11.8. The number of amides is 1. The third-order valence-corrected chi connectivity index (χ3v) is 4.68. The van der Waals surface area contributed by atoms with Crippen molar-refractivity contribution in [2.24, 2.45) is 0 Å². The molecule has 0 spiro atoms. The van der Waals surface area contributed by atoms with Gasteiger partial charge in [0.15, 0.2) is 0 Å². The fourth-order valence-electron chi connectivity index (χ4n) is 3.24. The zero-order chi connectivity index (χ0) is 15.1. The highest BCUT2D eigenvalue weighted by Gasteiger charge is 2.33. The summed E-state index contributed by atoms with van der Waals surface area (Å²) in [4.78, 5) is 29.6. The molecule has 1 amide bonds. The van der Waals surface area contributed by atoms with Crippen LogP contribution in [0.3, 0.4) is 0 Å². The van der Waals surface area contributed by atoms with Crippen molar-refractivity contribution in [1.82, 2.24) is 4.90 Å². The average molecular weight is 287 g/mol. The van der Waals surface area contributed by atoms with E-state index in [1.54, 1.807) is 13.1 Å². The normalized spacial score (nSPS) is 22.0. The first-order chi connectivity index (χ1) is 9.99. The summed E-state index contributed by atoms with van der Waals surface area (Å²) in [6.45, 7) is 2.12. The molecule has 112 valence electrons. The maximum absolute atomic E-state index is 11.8. The summed E-state index contributed by atoms with van der Waals surface area (Å²) in [6.07, 6.45) is 2.48. The number of benzene rings is 1. The molecule has 2 aliphatic rings. The van der Waals surface area contributed by atoms with E-state index in [0.29, 0.717) is 17.3 Å². The van der Waals surface area contributed by atoms with Crippen LogP contribution in [0.25, 0.3) is 0 Å². The van der Waals surface area contributed by atoms with E-state index in [0.717, 1.165) is 18.8 Å². The fraction of sp³-hybridized carbons (Fsp3) is 0.500. The number of anilines is 2. The molecule has 1 aromatic rings. The van der Waals surface area contributed by atoms with E-state index in [-0.39, 0.29) is 0 Å². The Morgan fingerprint density at radius 3 is 2.71 bits per heavy atom. The summed E-state index contributed by atoms with van der Waals surface area (Å²) < 4.78 is 0. The number of fused-ring (bicyclic) bond motifs is 1. The second-order valence-corrected chi connectivity index (χ2v) is 6.05. The molecule has 2 aliphatic heterocycles. The summed E-state index contributed by atoms with van der Waals surface area (Å²) in [7, 11) is 5.88. The van der Waals surface area contributed by atoms with Gasteiger partial charge in [-0.15, -0.1) is 0 Å². The molecule has 0 radical (unpaired) electrons. The fourth-order valence-corrected chi connectivity index (χ4v) is 3.24. The van der Waals surface area contributed by atoms with Crippen LogP contribution in [0.4, 0.5) is 11.4 Å². The Morgan fingerprint density at radius 1 is 1.29 bits per heavy atom. The second kappa shape index (κ2) is 5.15. The molecule has 2 heterocycles. The molecule has 1 unspecified atom stereocenters. The third kappa shape index (κ3) is 2.31. The Kier molecular flexibility index (Phi) is 3.45. The molecule has 5 heteroatoms. The number of likely N-dealkylation sites (N-methyl/N-ethyl adjacent to an activating group) is 3. The number of carbonyl (C=O) groups is 2. The van der Waals surface area contributed by atoms with Gasteiger partial charge in [-0.3, -0.25) is 9.59 Å². The Morgan fingerprint density at radius 2 is 2.05 bits per heavy atom. The molecule has 1 atom stereocenters. The van der Waals surface area contributed by atoms with Gasteiger partial charge in [0.1, 0.15) is 0 Å². The summed E-state index contributed by atoms with van der Waals surface area (Å²) in [6, 6.07) is 6.21. The van der Waals surface area contributed by atoms with Gasteiger partial charge >= 0.3 is 0 Å². The van der Waals surface area contributed by atoms with Crippen LogP contribution in [0.15, 0.2) is 18.2 Å². The minimum absolute atomic E-state index is 0.405. The number of likely N-dealkylation sites (tertiary alicyclic amines) is 1. The summed E-state index contributed by atoms with van der Waals surface area (Å²) in [5.41, 5.74) is 2.27. The van der Waals surface area contributed by atoms with Crippen LogP contribution in [0.2, 0.25) is 0 Å².